The first-order valence-corrected chi connectivity index (χ1v) is 7.09. The molecule has 1 aliphatic rings. The Bertz CT molecular complexity index is 681. The van der Waals surface area contributed by atoms with Gasteiger partial charge in [-0.15, -0.1) is 0 Å². The minimum atomic E-state index is -0.300. The number of rotatable bonds is 2. The van der Waals surface area contributed by atoms with Gasteiger partial charge in [-0.25, -0.2) is 4.79 Å². The van der Waals surface area contributed by atoms with Gasteiger partial charge in [0, 0.05) is 5.57 Å². The van der Waals surface area contributed by atoms with E-state index in [1.54, 1.807) is 0 Å². The Labute approximate surface area is 125 Å². The molecule has 0 spiro atoms. The van der Waals surface area contributed by atoms with Crippen LogP contribution in [0.1, 0.15) is 34.3 Å². The fraction of sp³-hybridized carbons (Fsp3) is 0.211. The SMILES string of the molecule is C=C1C(=O)OC(c2ccc(C)cc2)C1c1ccc(C)cc1. The molecule has 0 N–H and O–H groups in total. The van der Waals surface area contributed by atoms with Gasteiger partial charge in [0.05, 0.1) is 5.92 Å². The smallest absolute Gasteiger partial charge is 0.334 e. The van der Waals surface area contributed by atoms with Gasteiger partial charge in [-0.05, 0) is 25.0 Å². The number of esters is 1. The van der Waals surface area contributed by atoms with Crippen LogP contribution < -0.4 is 0 Å². The summed E-state index contributed by atoms with van der Waals surface area (Å²) in [4.78, 5) is 12.0. The minimum absolute atomic E-state index is 0.110. The molecule has 2 heteroatoms. The molecule has 0 aliphatic carbocycles. The Hall–Kier alpha value is -2.35. The van der Waals surface area contributed by atoms with Crippen molar-refractivity contribution in [3.63, 3.8) is 0 Å². The Kier molecular flexibility index (Phi) is 3.38. The second-order valence-electron chi connectivity index (χ2n) is 5.65. The van der Waals surface area contributed by atoms with E-state index in [-0.39, 0.29) is 18.0 Å². The van der Waals surface area contributed by atoms with Gasteiger partial charge in [-0.2, -0.15) is 0 Å². The summed E-state index contributed by atoms with van der Waals surface area (Å²) in [5, 5.41) is 0. The highest BCUT2D eigenvalue weighted by atomic mass is 16.6. The minimum Gasteiger partial charge on any atom is -0.453 e. The average molecular weight is 278 g/mol. The van der Waals surface area contributed by atoms with Crippen LogP contribution in [0, 0.1) is 13.8 Å². The first-order chi connectivity index (χ1) is 10.1. The van der Waals surface area contributed by atoms with E-state index in [1.807, 2.05) is 50.2 Å². The Morgan fingerprint density at radius 2 is 1.33 bits per heavy atom. The molecule has 2 nitrogen and oxygen atoms in total. The van der Waals surface area contributed by atoms with Crippen LogP contribution in [0.15, 0.2) is 60.7 Å². The molecule has 1 saturated heterocycles. The van der Waals surface area contributed by atoms with Crippen molar-refractivity contribution in [1.82, 2.24) is 0 Å². The van der Waals surface area contributed by atoms with Gasteiger partial charge >= 0.3 is 5.97 Å². The predicted octanol–water partition coefficient (Wildman–Crippen LogP) is 4.24. The van der Waals surface area contributed by atoms with E-state index in [0.29, 0.717) is 5.57 Å². The third-order valence-corrected chi connectivity index (χ3v) is 4.02. The number of hydrogen-bond donors (Lipinski definition) is 0. The molecule has 2 aromatic rings. The fourth-order valence-corrected chi connectivity index (χ4v) is 2.74. The van der Waals surface area contributed by atoms with E-state index in [4.69, 9.17) is 4.74 Å². The van der Waals surface area contributed by atoms with Crippen LogP contribution in [-0.2, 0) is 9.53 Å². The van der Waals surface area contributed by atoms with Crippen molar-refractivity contribution in [3.8, 4) is 0 Å². The van der Waals surface area contributed by atoms with Crippen LogP contribution in [0.5, 0.6) is 0 Å². The number of benzene rings is 2. The van der Waals surface area contributed by atoms with Crippen LogP contribution in [0.2, 0.25) is 0 Å². The summed E-state index contributed by atoms with van der Waals surface area (Å²) in [6, 6.07) is 16.3. The third-order valence-electron chi connectivity index (χ3n) is 4.02. The normalized spacial score (nSPS) is 21.4. The summed E-state index contributed by atoms with van der Waals surface area (Å²) in [5.74, 6) is -0.410. The second kappa shape index (κ2) is 5.21. The molecular weight excluding hydrogens is 260 g/mol. The number of ether oxygens (including phenoxy) is 1. The highest BCUT2D eigenvalue weighted by molar-refractivity contribution is 5.92. The average Bonchev–Trinajstić information content (AvgIpc) is 2.77. The van der Waals surface area contributed by atoms with E-state index in [1.165, 1.54) is 11.1 Å². The molecule has 0 radical (unpaired) electrons. The second-order valence-corrected chi connectivity index (χ2v) is 5.65. The lowest BCUT2D eigenvalue weighted by Gasteiger charge is -2.19. The molecule has 2 unspecified atom stereocenters. The molecule has 1 heterocycles. The molecule has 0 saturated carbocycles. The van der Waals surface area contributed by atoms with Crippen molar-refractivity contribution in [2.75, 3.05) is 0 Å². The summed E-state index contributed by atoms with van der Waals surface area (Å²) in [6.45, 7) is 8.02. The van der Waals surface area contributed by atoms with Crippen LogP contribution >= 0.6 is 0 Å². The summed E-state index contributed by atoms with van der Waals surface area (Å²) in [5.41, 5.74) is 5.00. The van der Waals surface area contributed by atoms with Gasteiger partial charge in [0.15, 0.2) is 0 Å². The van der Waals surface area contributed by atoms with Crippen molar-refractivity contribution in [2.45, 2.75) is 25.9 Å². The van der Waals surface area contributed by atoms with Gasteiger partial charge in [0.1, 0.15) is 6.10 Å². The molecule has 1 fully saturated rings. The standard InChI is InChI=1S/C19H18O2/c1-12-4-8-15(9-5-12)17-14(3)19(20)21-18(17)16-10-6-13(2)7-11-16/h4-11,17-18H,3H2,1-2H3. The zero-order valence-corrected chi connectivity index (χ0v) is 12.3. The van der Waals surface area contributed by atoms with Gasteiger partial charge in [0.2, 0.25) is 0 Å². The maximum Gasteiger partial charge on any atom is 0.334 e. The largest absolute Gasteiger partial charge is 0.453 e. The van der Waals surface area contributed by atoms with E-state index < -0.39 is 0 Å². The number of carbonyl (C=O) groups is 1. The first-order valence-electron chi connectivity index (χ1n) is 7.09. The Morgan fingerprint density at radius 1 is 0.857 bits per heavy atom. The molecule has 21 heavy (non-hydrogen) atoms. The maximum atomic E-state index is 12.0. The van der Waals surface area contributed by atoms with Crippen LogP contribution in [0.25, 0.3) is 0 Å². The highest BCUT2D eigenvalue weighted by Gasteiger charge is 2.40. The molecule has 0 bridgehead atoms. The van der Waals surface area contributed by atoms with Crippen LogP contribution in [-0.4, -0.2) is 5.97 Å². The van der Waals surface area contributed by atoms with Crippen molar-refractivity contribution in [1.29, 1.82) is 0 Å². The molecule has 106 valence electrons. The lowest BCUT2D eigenvalue weighted by molar-refractivity contribution is -0.139. The first kappa shape index (κ1) is 13.6. The van der Waals surface area contributed by atoms with Gasteiger partial charge in [-0.1, -0.05) is 66.2 Å². The van der Waals surface area contributed by atoms with E-state index in [0.717, 1.165) is 11.1 Å². The van der Waals surface area contributed by atoms with Gasteiger partial charge in [-0.3, -0.25) is 0 Å². The van der Waals surface area contributed by atoms with Gasteiger partial charge in [0.25, 0.3) is 0 Å². The summed E-state index contributed by atoms with van der Waals surface area (Å²) < 4.78 is 5.56. The van der Waals surface area contributed by atoms with E-state index in [2.05, 4.69) is 18.7 Å². The molecule has 0 aromatic heterocycles. The van der Waals surface area contributed by atoms with E-state index in [9.17, 15) is 4.79 Å². The van der Waals surface area contributed by atoms with Crippen molar-refractivity contribution in [3.05, 3.63) is 82.9 Å². The van der Waals surface area contributed by atoms with Gasteiger partial charge < -0.3 is 4.74 Å². The fourth-order valence-electron chi connectivity index (χ4n) is 2.74. The predicted molar refractivity (Wildman–Crippen MR) is 83.1 cm³/mol. The van der Waals surface area contributed by atoms with Crippen LogP contribution in [0.3, 0.4) is 0 Å². The van der Waals surface area contributed by atoms with Crippen LogP contribution in [0.4, 0.5) is 0 Å². The monoisotopic (exact) mass is 278 g/mol. The summed E-state index contributed by atoms with van der Waals surface area (Å²) >= 11 is 0. The quantitative estimate of drug-likeness (QED) is 0.606. The molecule has 2 atom stereocenters. The highest BCUT2D eigenvalue weighted by Crippen LogP contribution is 2.45. The molecule has 1 aliphatic heterocycles. The van der Waals surface area contributed by atoms with Crippen molar-refractivity contribution < 1.29 is 9.53 Å². The zero-order valence-electron chi connectivity index (χ0n) is 12.3. The summed E-state index contributed by atoms with van der Waals surface area (Å²) in [6.07, 6.45) is -0.284. The Morgan fingerprint density at radius 3 is 1.86 bits per heavy atom. The lowest BCUT2D eigenvalue weighted by atomic mass is 9.85. The maximum absolute atomic E-state index is 12.0. The number of aryl methyl sites for hydroxylation is 2. The Balaban J connectivity index is 2.02. The molecule has 0 amide bonds. The zero-order chi connectivity index (χ0) is 15.0. The lowest BCUT2D eigenvalue weighted by Crippen LogP contribution is -2.07. The number of carbonyl (C=O) groups excluding carboxylic acids is 1. The van der Waals surface area contributed by atoms with Crippen molar-refractivity contribution >= 4 is 5.97 Å². The van der Waals surface area contributed by atoms with Crippen molar-refractivity contribution in [2.24, 2.45) is 0 Å². The van der Waals surface area contributed by atoms with E-state index >= 15 is 0 Å². The molecular formula is C19H18O2. The molecule has 3 rings (SSSR count). The topological polar surface area (TPSA) is 26.3 Å². The third kappa shape index (κ3) is 2.49. The number of hydrogen-bond acceptors (Lipinski definition) is 2. The summed E-state index contributed by atoms with van der Waals surface area (Å²) in [7, 11) is 0. The number of cyclic esters (lactones) is 1. The molecule has 2 aromatic carbocycles.